The number of nitrogen functional groups attached to an aromatic ring is 1. The van der Waals surface area contributed by atoms with Gasteiger partial charge in [0.05, 0.1) is 10.3 Å². The van der Waals surface area contributed by atoms with Gasteiger partial charge in [0.1, 0.15) is 12.4 Å². The summed E-state index contributed by atoms with van der Waals surface area (Å²) in [7, 11) is 0. The standard InChI is InChI=1S/C25H35N3O2S/c1-4-7-11-21(29)22-20-13-12-19(17-9-8-10-18(26)16-17)23(24(20)31-25(22)27)30-15-14-28(5-2)6-3/h8-10,12-13,16,20,24H,4-7,11,14-15,26-27H2,1-3H3. The van der Waals surface area contributed by atoms with Gasteiger partial charge in [0.15, 0.2) is 5.78 Å². The summed E-state index contributed by atoms with van der Waals surface area (Å²) in [6, 6.07) is 7.86. The average Bonchev–Trinajstić information content (AvgIpc) is 3.11. The van der Waals surface area contributed by atoms with Crippen molar-refractivity contribution >= 4 is 28.8 Å². The summed E-state index contributed by atoms with van der Waals surface area (Å²) in [4.78, 5) is 15.2. The normalized spacial score (nSPS) is 20.5. The lowest BCUT2D eigenvalue weighted by atomic mass is 9.84. The first kappa shape index (κ1) is 23.5. The summed E-state index contributed by atoms with van der Waals surface area (Å²) in [6.45, 7) is 9.85. The third-order valence-electron chi connectivity index (χ3n) is 5.99. The largest absolute Gasteiger partial charge is 0.495 e. The number of hydrogen-bond donors (Lipinski definition) is 2. The van der Waals surface area contributed by atoms with E-state index in [1.165, 1.54) is 0 Å². The molecule has 0 fully saturated rings. The van der Waals surface area contributed by atoms with Crippen molar-refractivity contribution < 1.29 is 9.53 Å². The Labute approximate surface area is 190 Å². The highest BCUT2D eigenvalue weighted by molar-refractivity contribution is 8.04. The third-order valence-corrected chi connectivity index (χ3v) is 7.22. The van der Waals surface area contributed by atoms with Crippen molar-refractivity contribution in [2.75, 3.05) is 32.0 Å². The van der Waals surface area contributed by atoms with E-state index < -0.39 is 0 Å². The van der Waals surface area contributed by atoms with Crippen LogP contribution >= 0.6 is 11.8 Å². The Morgan fingerprint density at radius 3 is 2.65 bits per heavy atom. The fraction of sp³-hybridized carbons (Fsp3) is 0.480. The van der Waals surface area contributed by atoms with Crippen LogP contribution in [0, 0.1) is 5.92 Å². The lowest BCUT2D eigenvalue weighted by Gasteiger charge is -2.29. The van der Waals surface area contributed by atoms with Gasteiger partial charge in [-0.15, -0.1) is 0 Å². The molecule has 1 aromatic carbocycles. The molecule has 0 aromatic heterocycles. The summed E-state index contributed by atoms with van der Waals surface area (Å²) >= 11 is 1.56. The van der Waals surface area contributed by atoms with E-state index in [0.29, 0.717) is 18.1 Å². The molecule has 0 amide bonds. The number of unbranched alkanes of at least 4 members (excludes halogenated alkanes) is 1. The molecular formula is C25H35N3O2S. The van der Waals surface area contributed by atoms with Crippen LogP contribution < -0.4 is 11.5 Å². The Hall–Kier alpha value is -2.18. The zero-order valence-corrected chi connectivity index (χ0v) is 19.7. The summed E-state index contributed by atoms with van der Waals surface area (Å²) in [5.41, 5.74) is 16.0. The summed E-state index contributed by atoms with van der Waals surface area (Å²) < 4.78 is 6.43. The fourth-order valence-corrected chi connectivity index (χ4v) is 5.49. The number of allylic oxidation sites excluding steroid dienone is 4. The SMILES string of the molecule is CCCCC(=O)C1=C(N)SC2C(OCCN(CC)CC)=C(c3cccc(N)c3)C=CC12. The van der Waals surface area contributed by atoms with Crippen molar-refractivity contribution in [1.82, 2.24) is 4.90 Å². The van der Waals surface area contributed by atoms with E-state index in [4.69, 9.17) is 16.2 Å². The number of hydrogen-bond acceptors (Lipinski definition) is 6. The number of ketones is 1. The zero-order valence-electron chi connectivity index (χ0n) is 18.9. The Kier molecular flexibility index (Phi) is 8.27. The molecule has 0 spiro atoms. The number of ether oxygens (including phenoxy) is 1. The Bertz CT molecular complexity index is 887. The molecule has 0 saturated carbocycles. The molecule has 31 heavy (non-hydrogen) atoms. The first-order valence-corrected chi connectivity index (χ1v) is 12.2. The third kappa shape index (κ3) is 5.36. The highest BCUT2D eigenvalue weighted by Crippen LogP contribution is 2.49. The predicted octanol–water partition coefficient (Wildman–Crippen LogP) is 4.57. The number of Topliss-reactive ketones (excluding diaryl/α,β-unsaturated/α-hetero) is 1. The lowest BCUT2D eigenvalue weighted by Crippen LogP contribution is -2.29. The molecule has 3 rings (SSSR count). The Morgan fingerprint density at radius 2 is 1.97 bits per heavy atom. The molecule has 4 N–H and O–H groups in total. The molecule has 6 heteroatoms. The van der Waals surface area contributed by atoms with Crippen LogP contribution in [0.4, 0.5) is 5.69 Å². The van der Waals surface area contributed by atoms with Crippen LogP contribution in [0.15, 0.2) is 52.8 Å². The molecular weight excluding hydrogens is 406 g/mol. The van der Waals surface area contributed by atoms with Gasteiger partial charge in [0, 0.05) is 35.7 Å². The van der Waals surface area contributed by atoms with Gasteiger partial charge >= 0.3 is 0 Å². The summed E-state index contributed by atoms with van der Waals surface area (Å²) in [5.74, 6) is 1.03. The number of nitrogens with two attached hydrogens (primary N) is 2. The Morgan fingerprint density at radius 1 is 1.19 bits per heavy atom. The maximum Gasteiger partial charge on any atom is 0.162 e. The number of rotatable bonds is 11. The number of thioether (sulfide) groups is 1. The van der Waals surface area contributed by atoms with Crippen LogP contribution in [-0.4, -0.2) is 42.2 Å². The molecule has 1 aliphatic carbocycles. The molecule has 5 nitrogen and oxygen atoms in total. The van der Waals surface area contributed by atoms with Gasteiger partial charge in [-0.25, -0.2) is 0 Å². The molecule has 2 unspecified atom stereocenters. The second kappa shape index (κ2) is 10.9. The van der Waals surface area contributed by atoms with E-state index in [1.807, 2.05) is 24.3 Å². The van der Waals surface area contributed by atoms with Crippen LogP contribution in [0.5, 0.6) is 0 Å². The van der Waals surface area contributed by atoms with E-state index >= 15 is 0 Å². The van der Waals surface area contributed by atoms with Crippen LogP contribution in [0.1, 0.15) is 45.6 Å². The number of benzene rings is 1. The van der Waals surface area contributed by atoms with E-state index in [2.05, 4.69) is 37.8 Å². The molecule has 0 saturated heterocycles. The minimum Gasteiger partial charge on any atom is -0.495 e. The minimum absolute atomic E-state index is 0.0151. The van der Waals surface area contributed by atoms with E-state index in [1.54, 1.807) is 11.8 Å². The molecule has 1 aliphatic heterocycles. The molecule has 1 heterocycles. The van der Waals surface area contributed by atoms with Gasteiger partial charge in [-0.1, -0.05) is 63.2 Å². The van der Waals surface area contributed by atoms with Crippen molar-refractivity contribution in [2.45, 2.75) is 45.3 Å². The highest BCUT2D eigenvalue weighted by Gasteiger charge is 2.42. The van der Waals surface area contributed by atoms with Crippen molar-refractivity contribution in [3.8, 4) is 0 Å². The van der Waals surface area contributed by atoms with Crippen LogP contribution in [0.3, 0.4) is 0 Å². The lowest BCUT2D eigenvalue weighted by molar-refractivity contribution is -0.116. The van der Waals surface area contributed by atoms with Crippen LogP contribution in [0.2, 0.25) is 0 Å². The average molecular weight is 442 g/mol. The van der Waals surface area contributed by atoms with Crippen molar-refractivity contribution in [2.24, 2.45) is 11.7 Å². The van der Waals surface area contributed by atoms with Crippen molar-refractivity contribution in [1.29, 1.82) is 0 Å². The van der Waals surface area contributed by atoms with Gasteiger partial charge in [0.25, 0.3) is 0 Å². The number of anilines is 1. The van der Waals surface area contributed by atoms with Gasteiger partial charge in [-0.05, 0) is 37.2 Å². The number of nitrogens with zero attached hydrogens (tertiary/aromatic N) is 1. The van der Waals surface area contributed by atoms with E-state index in [0.717, 1.165) is 60.6 Å². The number of fused-ring (bicyclic) bond motifs is 1. The van der Waals surface area contributed by atoms with Gasteiger partial charge in [-0.3, -0.25) is 4.79 Å². The molecule has 0 radical (unpaired) electrons. The fourth-order valence-electron chi connectivity index (χ4n) is 4.16. The predicted molar refractivity (Wildman–Crippen MR) is 131 cm³/mol. The maximum absolute atomic E-state index is 12.9. The monoisotopic (exact) mass is 441 g/mol. The molecule has 168 valence electrons. The first-order valence-electron chi connectivity index (χ1n) is 11.3. The highest BCUT2D eigenvalue weighted by atomic mass is 32.2. The van der Waals surface area contributed by atoms with Crippen molar-refractivity contribution in [3.63, 3.8) is 0 Å². The minimum atomic E-state index is -0.0392. The van der Waals surface area contributed by atoms with E-state index in [9.17, 15) is 4.79 Å². The van der Waals surface area contributed by atoms with Crippen LogP contribution in [-0.2, 0) is 9.53 Å². The van der Waals surface area contributed by atoms with E-state index in [-0.39, 0.29) is 17.0 Å². The summed E-state index contributed by atoms with van der Waals surface area (Å²) in [5, 5.41) is 0.623. The van der Waals surface area contributed by atoms with Gasteiger partial charge < -0.3 is 21.1 Å². The smallest absolute Gasteiger partial charge is 0.162 e. The molecule has 2 aliphatic rings. The second-order valence-corrected chi connectivity index (χ2v) is 9.19. The zero-order chi connectivity index (χ0) is 22.4. The number of likely N-dealkylation sites (N-methyl/N-ethyl adjacent to an activating group) is 1. The van der Waals surface area contributed by atoms with Gasteiger partial charge in [-0.2, -0.15) is 0 Å². The van der Waals surface area contributed by atoms with Crippen LogP contribution in [0.25, 0.3) is 5.57 Å². The maximum atomic E-state index is 12.9. The summed E-state index contributed by atoms with van der Waals surface area (Å²) in [6.07, 6.45) is 6.63. The first-order chi connectivity index (χ1) is 15.0. The topological polar surface area (TPSA) is 81.6 Å². The number of carbonyl (C=O) groups excluding carboxylic acids is 1. The second-order valence-electron chi connectivity index (χ2n) is 8.01. The molecule has 1 aromatic rings. The molecule has 0 bridgehead atoms. The number of carbonyl (C=O) groups is 1. The Balaban J connectivity index is 1.90. The van der Waals surface area contributed by atoms with Gasteiger partial charge in [0.2, 0.25) is 0 Å². The quantitative estimate of drug-likeness (QED) is 0.490. The molecule has 2 atom stereocenters. The van der Waals surface area contributed by atoms with Crippen molar-refractivity contribution in [3.05, 3.63) is 58.3 Å².